The van der Waals surface area contributed by atoms with E-state index in [1.54, 1.807) is 30.3 Å². The van der Waals surface area contributed by atoms with Crippen molar-refractivity contribution in [3.63, 3.8) is 0 Å². The summed E-state index contributed by atoms with van der Waals surface area (Å²) in [6.07, 6.45) is 3.08. The summed E-state index contributed by atoms with van der Waals surface area (Å²) in [6.45, 7) is 0. The van der Waals surface area contributed by atoms with E-state index in [0.29, 0.717) is 11.3 Å². The number of carbonyl (C=O) groups is 1. The molecule has 0 saturated heterocycles. The molecule has 0 fully saturated rings. The van der Waals surface area contributed by atoms with Gasteiger partial charge in [0.05, 0.1) is 0 Å². The van der Waals surface area contributed by atoms with Gasteiger partial charge in [0.2, 0.25) is 0 Å². The minimum Gasteiger partial charge on any atom is -0.314 e. The zero-order valence-corrected chi connectivity index (χ0v) is 12.0. The van der Waals surface area contributed by atoms with Crippen LogP contribution in [0.3, 0.4) is 0 Å². The van der Waals surface area contributed by atoms with E-state index < -0.39 is 0 Å². The van der Waals surface area contributed by atoms with Crippen molar-refractivity contribution in [2.24, 2.45) is 0 Å². The maximum absolute atomic E-state index is 12.9. The van der Waals surface area contributed by atoms with Crippen LogP contribution in [0.15, 0.2) is 59.2 Å². The van der Waals surface area contributed by atoms with Gasteiger partial charge in [-0.2, -0.15) is 0 Å². The van der Waals surface area contributed by atoms with Gasteiger partial charge in [-0.15, -0.1) is 0 Å². The molecule has 0 bridgehead atoms. The van der Waals surface area contributed by atoms with Crippen molar-refractivity contribution >= 4 is 33.7 Å². The second-order valence-corrected chi connectivity index (χ2v) is 4.91. The average molecular weight is 335 g/mol. The Bertz CT molecular complexity index is 626. The Morgan fingerprint density at radius 3 is 2.60 bits per heavy atom. The summed E-state index contributed by atoms with van der Waals surface area (Å²) in [5.74, 6) is -0.313. The third kappa shape index (κ3) is 4.51. The summed E-state index contributed by atoms with van der Waals surface area (Å²) in [4.78, 5) is 11.6. The minimum absolute atomic E-state index is 0.313. The van der Waals surface area contributed by atoms with Crippen LogP contribution in [-0.4, -0.2) is 6.03 Å². The predicted molar refractivity (Wildman–Crippen MR) is 81.7 cm³/mol. The first-order valence-corrected chi connectivity index (χ1v) is 6.68. The summed E-state index contributed by atoms with van der Waals surface area (Å²) < 4.78 is 13.9. The molecule has 102 valence electrons. The van der Waals surface area contributed by atoms with E-state index in [1.807, 2.05) is 12.1 Å². The van der Waals surface area contributed by atoms with Crippen LogP contribution in [0.5, 0.6) is 0 Å². The Balaban J connectivity index is 1.87. The van der Waals surface area contributed by atoms with Crippen molar-refractivity contribution in [1.29, 1.82) is 0 Å². The van der Waals surface area contributed by atoms with Gasteiger partial charge in [-0.25, -0.2) is 9.18 Å². The fourth-order valence-electron chi connectivity index (χ4n) is 1.52. The smallest absolute Gasteiger partial charge is 0.314 e. The molecule has 2 amide bonds. The zero-order valence-electron chi connectivity index (χ0n) is 10.4. The fourth-order valence-corrected chi connectivity index (χ4v) is 1.79. The number of hydrogen-bond donors (Lipinski definition) is 2. The summed E-state index contributed by atoms with van der Waals surface area (Å²) in [6, 6.07) is 13.0. The number of carbonyl (C=O) groups excluding carboxylic acids is 1. The maximum Gasteiger partial charge on any atom is 0.323 e. The van der Waals surface area contributed by atoms with Crippen LogP contribution in [-0.2, 0) is 0 Å². The second-order valence-electron chi connectivity index (χ2n) is 3.99. The molecule has 0 aliphatic rings. The number of amides is 2. The molecule has 0 aromatic heterocycles. The molecule has 2 aromatic carbocycles. The van der Waals surface area contributed by atoms with Gasteiger partial charge in [0.1, 0.15) is 5.82 Å². The molecular formula is C15H12BrFN2O. The van der Waals surface area contributed by atoms with Crippen LogP contribution in [0.4, 0.5) is 14.9 Å². The van der Waals surface area contributed by atoms with Gasteiger partial charge >= 0.3 is 6.03 Å². The van der Waals surface area contributed by atoms with Gasteiger partial charge in [0, 0.05) is 16.4 Å². The van der Waals surface area contributed by atoms with Gasteiger partial charge < -0.3 is 10.6 Å². The van der Waals surface area contributed by atoms with E-state index in [0.717, 1.165) is 4.47 Å². The van der Waals surface area contributed by atoms with Gasteiger partial charge in [0.15, 0.2) is 0 Å². The number of halogens is 2. The Morgan fingerprint density at radius 2 is 1.90 bits per heavy atom. The van der Waals surface area contributed by atoms with E-state index in [9.17, 15) is 9.18 Å². The van der Waals surface area contributed by atoms with Crippen molar-refractivity contribution in [2.45, 2.75) is 0 Å². The Labute approximate surface area is 124 Å². The lowest BCUT2D eigenvalue weighted by atomic mass is 10.2. The molecule has 0 radical (unpaired) electrons. The molecule has 0 saturated carbocycles. The molecule has 0 unspecified atom stereocenters. The van der Waals surface area contributed by atoms with E-state index in [4.69, 9.17) is 0 Å². The van der Waals surface area contributed by atoms with Crippen LogP contribution >= 0.6 is 15.9 Å². The third-order valence-electron chi connectivity index (χ3n) is 2.44. The normalized spacial score (nSPS) is 10.5. The summed E-state index contributed by atoms with van der Waals surface area (Å²) in [5, 5.41) is 5.22. The molecule has 3 nitrogen and oxygen atoms in total. The SMILES string of the molecule is O=C(N/C=C/c1cccc(F)c1)Nc1ccc(Br)cc1. The number of benzene rings is 2. The van der Waals surface area contributed by atoms with E-state index in [-0.39, 0.29) is 11.8 Å². The molecule has 0 atom stereocenters. The Morgan fingerprint density at radius 1 is 1.15 bits per heavy atom. The lowest BCUT2D eigenvalue weighted by Crippen LogP contribution is -2.23. The van der Waals surface area contributed by atoms with E-state index >= 15 is 0 Å². The highest BCUT2D eigenvalue weighted by atomic mass is 79.9. The third-order valence-corrected chi connectivity index (χ3v) is 2.97. The van der Waals surface area contributed by atoms with Crippen LogP contribution in [0.25, 0.3) is 6.08 Å². The topological polar surface area (TPSA) is 41.1 Å². The number of rotatable bonds is 3. The first kappa shape index (κ1) is 14.3. The van der Waals surface area contributed by atoms with Gasteiger partial charge in [-0.05, 0) is 48.0 Å². The largest absolute Gasteiger partial charge is 0.323 e. The van der Waals surface area contributed by atoms with Gasteiger partial charge in [-0.3, -0.25) is 0 Å². The molecule has 2 rings (SSSR count). The molecule has 2 N–H and O–H groups in total. The Hall–Kier alpha value is -2.14. The summed E-state index contributed by atoms with van der Waals surface area (Å²) in [5.41, 5.74) is 1.36. The van der Waals surface area contributed by atoms with Crippen molar-refractivity contribution < 1.29 is 9.18 Å². The van der Waals surface area contributed by atoms with Crippen molar-refractivity contribution in [1.82, 2.24) is 5.32 Å². The van der Waals surface area contributed by atoms with Gasteiger partial charge in [-0.1, -0.05) is 28.1 Å². The molecule has 2 aromatic rings. The number of hydrogen-bond acceptors (Lipinski definition) is 1. The van der Waals surface area contributed by atoms with Crippen molar-refractivity contribution in [3.05, 3.63) is 70.6 Å². The van der Waals surface area contributed by atoms with E-state index in [1.165, 1.54) is 18.3 Å². The highest BCUT2D eigenvalue weighted by Crippen LogP contribution is 2.13. The molecule has 0 aliphatic carbocycles. The molecule has 5 heteroatoms. The standard InChI is InChI=1S/C15H12BrFN2O/c16-12-4-6-14(7-5-12)19-15(20)18-9-8-11-2-1-3-13(17)10-11/h1-10H,(H2,18,19,20)/b9-8+. The average Bonchev–Trinajstić information content (AvgIpc) is 2.41. The van der Waals surface area contributed by atoms with Crippen LogP contribution < -0.4 is 10.6 Å². The van der Waals surface area contributed by atoms with Gasteiger partial charge in [0.25, 0.3) is 0 Å². The lowest BCUT2D eigenvalue weighted by molar-refractivity contribution is 0.255. The van der Waals surface area contributed by atoms with Crippen LogP contribution in [0.2, 0.25) is 0 Å². The number of anilines is 1. The first-order chi connectivity index (χ1) is 9.63. The van der Waals surface area contributed by atoms with E-state index in [2.05, 4.69) is 26.6 Å². The van der Waals surface area contributed by atoms with Crippen LogP contribution in [0, 0.1) is 5.82 Å². The number of nitrogens with one attached hydrogen (secondary N) is 2. The quantitative estimate of drug-likeness (QED) is 0.859. The molecule has 20 heavy (non-hydrogen) atoms. The first-order valence-electron chi connectivity index (χ1n) is 5.89. The second kappa shape index (κ2) is 6.86. The number of urea groups is 1. The lowest BCUT2D eigenvalue weighted by Gasteiger charge is -2.04. The fraction of sp³-hybridized carbons (Fsp3) is 0. The highest BCUT2D eigenvalue weighted by Gasteiger charge is 1.98. The molecule has 0 spiro atoms. The molecular weight excluding hydrogens is 323 g/mol. The highest BCUT2D eigenvalue weighted by molar-refractivity contribution is 9.10. The summed E-state index contributed by atoms with van der Waals surface area (Å²) >= 11 is 3.32. The Kier molecular flexibility index (Phi) is 4.90. The molecule has 0 aliphatic heterocycles. The molecule has 0 heterocycles. The van der Waals surface area contributed by atoms with Crippen molar-refractivity contribution in [3.8, 4) is 0 Å². The maximum atomic E-state index is 12.9. The van der Waals surface area contributed by atoms with Crippen molar-refractivity contribution in [2.75, 3.05) is 5.32 Å². The predicted octanol–water partition coefficient (Wildman–Crippen LogP) is 4.38. The zero-order chi connectivity index (χ0) is 14.4. The minimum atomic E-state index is -0.361. The van der Waals surface area contributed by atoms with Crippen LogP contribution in [0.1, 0.15) is 5.56 Å². The monoisotopic (exact) mass is 334 g/mol. The summed E-state index contributed by atoms with van der Waals surface area (Å²) in [7, 11) is 0.